The summed E-state index contributed by atoms with van der Waals surface area (Å²) in [5.41, 5.74) is 1.22. The largest absolute Gasteiger partial charge is 0.352 e. The fourth-order valence-corrected chi connectivity index (χ4v) is 2.04. The summed E-state index contributed by atoms with van der Waals surface area (Å²) in [7, 11) is 0. The maximum absolute atomic E-state index is 5.81. The molecule has 2 rings (SSSR count). The lowest BCUT2D eigenvalue weighted by molar-refractivity contribution is 0.810. The third kappa shape index (κ3) is 2.64. The van der Waals surface area contributed by atoms with E-state index in [-0.39, 0.29) is 0 Å². The SMILES string of the molecule is Cc1cc(N(CCCl)C2CC2)ncc1Br. The molecule has 1 heterocycles. The van der Waals surface area contributed by atoms with Gasteiger partial charge < -0.3 is 4.90 Å². The zero-order chi connectivity index (χ0) is 10.8. The third-order valence-electron chi connectivity index (χ3n) is 2.64. The Morgan fingerprint density at radius 1 is 1.60 bits per heavy atom. The molecule has 1 fully saturated rings. The molecule has 1 aromatic heterocycles. The summed E-state index contributed by atoms with van der Waals surface area (Å²) in [5, 5.41) is 0. The van der Waals surface area contributed by atoms with Crippen molar-refractivity contribution in [3.63, 3.8) is 0 Å². The molecule has 0 spiro atoms. The van der Waals surface area contributed by atoms with Gasteiger partial charge >= 0.3 is 0 Å². The Bertz CT molecular complexity index is 352. The van der Waals surface area contributed by atoms with Crippen molar-refractivity contribution in [1.82, 2.24) is 4.98 Å². The second kappa shape index (κ2) is 4.71. The van der Waals surface area contributed by atoms with E-state index < -0.39 is 0 Å². The molecule has 82 valence electrons. The summed E-state index contributed by atoms with van der Waals surface area (Å²) in [6.07, 6.45) is 4.41. The van der Waals surface area contributed by atoms with Crippen LogP contribution >= 0.6 is 27.5 Å². The Labute approximate surface area is 104 Å². The van der Waals surface area contributed by atoms with Crippen molar-refractivity contribution in [2.45, 2.75) is 25.8 Å². The normalized spacial score (nSPS) is 15.4. The molecule has 15 heavy (non-hydrogen) atoms. The molecule has 0 saturated heterocycles. The van der Waals surface area contributed by atoms with Gasteiger partial charge in [0, 0.05) is 29.1 Å². The molecule has 0 aliphatic heterocycles. The van der Waals surface area contributed by atoms with Gasteiger partial charge in [0.25, 0.3) is 0 Å². The van der Waals surface area contributed by atoms with Crippen LogP contribution in [0.3, 0.4) is 0 Å². The second-order valence-electron chi connectivity index (χ2n) is 3.91. The average molecular weight is 290 g/mol. The number of aryl methyl sites for hydroxylation is 1. The lowest BCUT2D eigenvalue weighted by atomic mass is 10.3. The van der Waals surface area contributed by atoms with Crippen LogP contribution < -0.4 is 4.90 Å². The maximum Gasteiger partial charge on any atom is 0.129 e. The highest BCUT2D eigenvalue weighted by Gasteiger charge is 2.29. The second-order valence-corrected chi connectivity index (χ2v) is 5.14. The van der Waals surface area contributed by atoms with Gasteiger partial charge in [-0.25, -0.2) is 4.98 Å². The van der Waals surface area contributed by atoms with Crippen LogP contribution in [-0.4, -0.2) is 23.5 Å². The highest BCUT2D eigenvalue weighted by Crippen LogP contribution is 2.31. The van der Waals surface area contributed by atoms with Crippen molar-refractivity contribution in [3.8, 4) is 0 Å². The molecular formula is C11H14BrClN2. The Kier molecular flexibility index (Phi) is 3.52. The lowest BCUT2D eigenvalue weighted by Crippen LogP contribution is -2.28. The minimum Gasteiger partial charge on any atom is -0.352 e. The number of nitrogens with zero attached hydrogens (tertiary/aromatic N) is 2. The van der Waals surface area contributed by atoms with Gasteiger partial charge in [0.1, 0.15) is 5.82 Å². The number of rotatable bonds is 4. The lowest BCUT2D eigenvalue weighted by Gasteiger charge is -2.22. The molecule has 4 heteroatoms. The minimum absolute atomic E-state index is 0.660. The summed E-state index contributed by atoms with van der Waals surface area (Å²) in [5.74, 6) is 1.71. The standard InChI is InChI=1S/C11H14BrClN2/c1-8-6-11(14-7-10(8)12)15(5-4-13)9-2-3-9/h6-7,9H,2-5H2,1H3. The molecule has 2 nitrogen and oxygen atoms in total. The van der Waals surface area contributed by atoms with Crippen molar-refractivity contribution in [1.29, 1.82) is 0 Å². The number of hydrogen-bond donors (Lipinski definition) is 0. The smallest absolute Gasteiger partial charge is 0.129 e. The van der Waals surface area contributed by atoms with Gasteiger partial charge in [-0.05, 0) is 47.3 Å². The first-order valence-electron chi connectivity index (χ1n) is 5.17. The van der Waals surface area contributed by atoms with Gasteiger partial charge in [0.2, 0.25) is 0 Å². The number of hydrogen-bond acceptors (Lipinski definition) is 2. The third-order valence-corrected chi connectivity index (χ3v) is 3.64. The first-order chi connectivity index (χ1) is 7.22. The van der Waals surface area contributed by atoms with Crippen LogP contribution in [-0.2, 0) is 0 Å². The molecule has 0 N–H and O–H groups in total. The van der Waals surface area contributed by atoms with E-state index in [0.29, 0.717) is 11.9 Å². The van der Waals surface area contributed by atoms with Gasteiger partial charge in [-0.1, -0.05) is 0 Å². The number of anilines is 1. The Hall–Kier alpha value is -0.280. The van der Waals surface area contributed by atoms with Crippen molar-refractivity contribution < 1.29 is 0 Å². The zero-order valence-electron chi connectivity index (χ0n) is 8.71. The van der Waals surface area contributed by atoms with Gasteiger partial charge in [0.05, 0.1) is 0 Å². The fourth-order valence-electron chi connectivity index (χ4n) is 1.64. The van der Waals surface area contributed by atoms with E-state index in [1.807, 2.05) is 6.20 Å². The molecule has 0 amide bonds. The van der Waals surface area contributed by atoms with E-state index in [0.717, 1.165) is 16.8 Å². The molecule has 1 saturated carbocycles. The molecule has 0 bridgehead atoms. The topological polar surface area (TPSA) is 16.1 Å². The average Bonchev–Trinajstić information content (AvgIpc) is 3.02. The first kappa shape index (κ1) is 11.2. The molecule has 0 unspecified atom stereocenters. The Morgan fingerprint density at radius 3 is 2.87 bits per heavy atom. The van der Waals surface area contributed by atoms with Crippen molar-refractivity contribution in [2.24, 2.45) is 0 Å². The van der Waals surface area contributed by atoms with Crippen LogP contribution in [0, 0.1) is 6.92 Å². The summed E-state index contributed by atoms with van der Waals surface area (Å²) >= 11 is 9.27. The van der Waals surface area contributed by atoms with Crippen molar-refractivity contribution >= 4 is 33.3 Å². The van der Waals surface area contributed by atoms with E-state index in [1.54, 1.807) is 0 Å². The minimum atomic E-state index is 0.660. The predicted molar refractivity (Wildman–Crippen MR) is 67.8 cm³/mol. The molecule has 0 atom stereocenters. The van der Waals surface area contributed by atoms with E-state index in [2.05, 4.69) is 38.8 Å². The number of aromatic nitrogens is 1. The van der Waals surface area contributed by atoms with Crippen LogP contribution in [0.2, 0.25) is 0 Å². The Morgan fingerprint density at radius 2 is 2.33 bits per heavy atom. The first-order valence-corrected chi connectivity index (χ1v) is 6.50. The molecular weight excluding hydrogens is 275 g/mol. The zero-order valence-corrected chi connectivity index (χ0v) is 11.1. The quantitative estimate of drug-likeness (QED) is 0.790. The maximum atomic E-state index is 5.81. The molecule has 0 radical (unpaired) electrons. The molecule has 0 aromatic carbocycles. The highest BCUT2D eigenvalue weighted by molar-refractivity contribution is 9.10. The summed E-state index contributed by atoms with van der Waals surface area (Å²) in [6, 6.07) is 2.78. The highest BCUT2D eigenvalue weighted by atomic mass is 79.9. The predicted octanol–water partition coefficient (Wildman–Crippen LogP) is 3.36. The number of halogens is 2. The van der Waals surface area contributed by atoms with Crippen LogP contribution in [0.15, 0.2) is 16.7 Å². The fraction of sp³-hybridized carbons (Fsp3) is 0.545. The molecule has 1 aliphatic rings. The van der Waals surface area contributed by atoms with Crippen LogP contribution in [0.1, 0.15) is 18.4 Å². The van der Waals surface area contributed by atoms with E-state index in [1.165, 1.54) is 18.4 Å². The Balaban J connectivity index is 2.21. The van der Waals surface area contributed by atoms with E-state index in [9.17, 15) is 0 Å². The van der Waals surface area contributed by atoms with E-state index >= 15 is 0 Å². The van der Waals surface area contributed by atoms with Crippen LogP contribution in [0.4, 0.5) is 5.82 Å². The molecule has 1 aliphatic carbocycles. The van der Waals surface area contributed by atoms with Crippen molar-refractivity contribution in [2.75, 3.05) is 17.3 Å². The summed E-state index contributed by atoms with van der Waals surface area (Å²) in [4.78, 5) is 6.75. The number of pyridine rings is 1. The van der Waals surface area contributed by atoms with Gasteiger partial charge in [-0.15, -0.1) is 11.6 Å². The molecule has 1 aromatic rings. The summed E-state index contributed by atoms with van der Waals surface area (Å²) in [6.45, 7) is 2.97. The van der Waals surface area contributed by atoms with Crippen LogP contribution in [0.25, 0.3) is 0 Å². The van der Waals surface area contributed by atoms with E-state index in [4.69, 9.17) is 11.6 Å². The van der Waals surface area contributed by atoms with Crippen LogP contribution in [0.5, 0.6) is 0 Å². The summed E-state index contributed by atoms with van der Waals surface area (Å²) < 4.78 is 1.06. The van der Waals surface area contributed by atoms with Gasteiger partial charge in [0.15, 0.2) is 0 Å². The van der Waals surface area contributed by atoms with Gasteiger partial charge in [-0.3, -0.25) is 0 Å². The monoisotopic (exact) mass is 288 g/mol. The number of alkyl halides is 1. The van der Waals surface area contributed by atoms with Gasteiger partial charge in [-0.2, -0.15) is 0 Å². The van der Waals surface area contributed by atoms with Crippen molar-refractivity contribution in [3.05, 3.63) is 22.3 Å².